The van der Waals surface area contributed by atoms with Gasteiger partial charge in [0, 0.05) is 22.3 Å². The first-order chi connectivity index (χ1) is 11.7. The normalized spacial score (nSPS) is 19.0. The lowest BCUT2D eigenvalue weighted by atomic mass is 9.98. The van der Waals surface area contributed by atoms with Crippen molar-refractivity contribution in [1.29, 1.82) is 0 Å². The third kappa shape index (κ3) is 4.97. The SMILES string of the molecule is OC(Nc1ccc(CCC2CCCCN2)cc1)c1ccc(Cl)cc1. The van der Waals surface area contributed by atoms with E-state index in [4.69, 9.17) is 11.6 Å². The van der Waals surface area contributed by atoms with E-state index in [0.717, 1.165) is 24.2 Å². The summed E-state index contributed by atoms with van der Waals surface area (Å²) in [5.41, 5.74) is 3.05. The Morgan fingerprint density at radius 3 is 2.50 bits per heavy atom. The maximum Gasteiger partial charge on any atom is 0.150 e. The van der Waals surface area contributed by atoms with Crippen molar-refractivity contribution in [3.8, 4) is 0 Å². The molecule has 1 aliphatic heterocycles. The number of anilines is 1. The minimum atomic E-state index is -0.737. The second-order valence-electron chi connectivity index (χ2n) is 6.48. The molecule has 2 aromatic rings. The smallest absolute Gasteiger partial charge is 0.150 e. The van der Waals surface area contributed by atoms with Gasteiger partial charge in [0.25, 0.3) is 0 Å². The van der Waals surface area contributed by atoms with Gasteiger partial charge in [0.2, 0.25) is 0 Å². The van der Waals surface area contributed by atoms with Crippen molar-refractivity contribution >= 4 is 17.3 Å². The third-order valence-electron chi connectivity index (χ3n) is 4.64. The molecule has 0 aromatic heterocycles. The fourth-order valence-electron chi connectivity index (χ4n) is 3.17. The highest BCUT2D eigenvalue weighted by molar-refractivity contribution is 6.30. The summed E-state index contributed by atoms with van der Waals surface area (Å²) in [5, 5.41) is 17.6. The van der Waals surface area contributed by atoms with Gasteiger partial charge in [0.05, 0.1) is 0 Å². The molecule has 0 spiro atoms. The van der Waals surface area contributed by atoms with Crippen LogP contribution in [0.3, 0.4) is 0 Å². The predicted molar refractivity (Wildman–Crippen MR) is 100 cm³/mol. The Labute approximate surface area is 149 Å². The van der Waals surface area contributed by atoms with Crippen LogP contribution < -0.4 is 10.6 Å². The van der Waals surface area contributed by atoms with Gasteiger partial charge in [-0.2, -0.15) is 0 Å². The maximum atomic E-state index is 10.2. The largest absolute Gasteiger partial charge is 0.369 e. The van der Waals surface area contributed by atoms with E-state index in [0.29, 0.717) is 11.1 Å². The van der Waals surface area contributed by atoms with Crippen molar-refractivity contribution in [2.45, 2.75) is 44.4 Å². The zero-order valence-corrected chi connectivity index (χ0v) is 14.6. The molecule has 3 nitrogen and oxygen atoms in total. The van der Waals surface area contributed by atoms with E-state index in [9.17, 15) is 5.11 Å². The summed E-state index contributed by atoms with van der Waals surface area (Å²) in [4.78, 5) is 0. The average molecular weight is 345 g/mol. The number of aliphatic hydroxyl groups excluding tert-OH is 1. The summed E-state index contributed by atoms with van der Waals surface area (Å²) >= 11 is 5.87. The zero-order valence-electron chi connectivity index (χ0n) is 13.8. The number of hydrogen-bond donors (Lipinski definition) is 3. The van der Waals surface area contributed by atoms with Crippen LogP contribution in [0.4, 0.5) is 5.69 Å². The lowest BCUT2D eigenvalue weighted by Crippen LogP contribution is -2.34. The summed E-state index contributed by atoms with van der Waals surface area (Å²) in [6.45, 7) is 1.16. The standard InChI is InChI=1S/C20H25ClN2O/c21-17-9-7-16(8-10-17)20(24)23-19-12-5-15(6-13-19)4-11-18-3-1-2-14-22-18/h5-10,12-13,18,20,22-24H,1-4,11,14H2. The van der Waals surface area contributed by atoms with Crippen molar-refractivity contribution in [3.05, 3.63) is 64.7 Å². The summed E-state index contributed by atoms with van der Waals surface area (Å²) in [7, 11) is 0. The zero-order chi connectivity index (χ0) is 16.8. The quantitative estimate of drug-likeness (QED) is 0.675. The average Bonchev–Trinajstić information content (AvgIpc) is 2.62. The molecule has 2 atom stereocenters. The fraction of sp³-hybridized carbons (Fsp3) is 0.400. The van der Waals surface area contributed by atoms with E-state index in [1.54, 1.807) is 12.1 Å². The molecule has 4 heteroatoms. The van der Waals surface area contributed by atoms with E-state index >= 15 is 0 Å². The van der Waals surface area contributed by atoms with Gasteiger partial charge < -0.3 is 15.7 Å². The molecular weight excluding hydrogens is 320 g/mol. The highest BCUT2D eigenvalue weighted by Crippen LogP contribution is 2.20. The Bertz CT molecular complexity index is 621. The molecule has 0 amide bonds. The van der Waals surface area contributed by atoms with Crippen LogP contribution >= 0.6 is 11.6 Å². The van der Waals surface area contributed by atoms with E-state index in [1.165, 1.54) is 31.2 Å². The van der Waals surface area contributed by atoms with E-state index in [1.807, 2.05) is 24.3 Å². The van der Waals surface area contributed by atoms with Gasteiger partial charge >= 0.3 is 0 Å². The highest BCUT2D eigenvalue weighted by atomic mass is 35.5. The molecule has 2 unspecified atom stereocenters. The molecule has 2 aromatic carbocycles. The summed E-state index contributed by atoms with van der Waals surface area (Å²) in [6, 6.07) is 16.2. The van der Waals surface area contributed by atoms with Crippen molar-refractivity contribution < 1.29 is 5.11 Å². The van der Waals surface area contributed by atoms with Crippen LogP contribution in [0, 0.1) is 0 Å². The van der Waals surface area contributed by atoms with Gasteiger partial charge in [-0.25, -0.2) is 0 Å². The van der Waals surface area contributed by atoms with Gasteiger partial charge in [0.15, 0.2) is 6.23 Å². The number of piperidine rings is 1. The van der Waals surface area contributed by atoms with E-state index in [-0.39, 0.29) is 0 Å². The Hall–Kier alpha value is -1.55. The molecule has 1 saturated heterocycles. The first kappa shape index (κ1) is 17.3. The molecule has 128 valence electrons. The van der Waals surface area contributed by atoms with Gasteiger partial charge in [-0.3, -0.25) is 0 Å². The van der Waals surface area contributed by atoms with Gasteiger partial charge in [-0.15, -0.1) is 0 Å². The molecule has 0 bridgehead atoms. The molecule has 3 N–H and O–H groups in total. The van der Waals surface area contributed by atoms with Crippen molar-refractivity contribution in [1.82, 2.24) is 5.32 Å². The van der Waals surface area contributed by atoms with Gasteiger partial charge in [0.1, 0.15) is 0 Å². The molecule has 0 radical (unpaired) electrons. The van der Waals surface area contributed by atoms with Crippen LogP contribution in [0.2, 0.25) is 5.02 Å². The summed E-state index contributed by atoms with van der Waals surface area (Å²) < 4.78 is 0. The van der Waals surface area contributed by atoms with Gasteiger partial charge in [-0.05, 0) is 62.1 Å². The number of aliphatic hydroxyl groups is 1. The molecular formula is C20H25ClN2O. The van der Waals surface area contributed by atoms with Crippen molar-refractivity contribution in [2.24, 2.45) is 0 Å². The number of nitrogens with one attached hydrogen (secondary N) is 2. The molecule has 0 saturated carbocycles. The number of halogens is 1. The van der Waals surface area contributed by atoms with Crippen LogP contribution in [-0.4, -0.2) is 17.7 Å². The Morgan fingerprint density at radius 2 is 1.83 bits per heavy atom. The van der Waals surface area contributed by atoms with Crippen LogP contribution in [0.25, 0.3) is 0 Å². The fourth-order valence-corrected chi connectivity index (χ4v) is 3.29. The van der Waals surface area contributed by atoms with Crippen molar-refractivity contribution in [3.63, 3.8) is 0 Å². The lowest BCUT2D eigenvalue weighted by Gasteiger charge is -2.23. The monoisotopic (exact) mass is 344 g/mol. The molecule has 1 aliphatic rings. The number of aryl methyl sites for hydroxylation is 1. The highest BCUT2D eigenvalue weighted by Gasteiger charge is 2.12. The minimum Gasteiger partial charge on any atom is -0.369 e. The summed E-state index contributed by atoms with van der Waals surface area (Å²) in [5.74, 6) is 0. The number of rotatable bonds is 6. The van der Waals surface area contributed by atoms with E-state index in [2.05, 4.69) is 22.8 Å². The van der Waals surface area contributed by atoms with Crippen molar-refractivity contribution in [2.75, 3.05) is 11.9 Å². The maximum absolute atomic E-state index is 10.2. The minimum absolute atomic E-state index is 0.669. The second kappa shape index (κ2) is 8.52. The molecule has 1 fully saturated rings. The van der Waals surface area contributed by atoms with Crippen LogP contribution in [0.5, 0.6) is 0 Å². The lowest BCUT2D eigenvalue weighted by molar-refractivity contribution is 0.208. The number of benzene rings is 2. The van der Waals surface area contributed by atoms with Crippen LogP contribution in [0.1, 0.15) is 43.0 Å². The predicted octanol–water partition coefficient (Wildman–Crippen LogP) is 4.52. The Kier molecular flexibility index (Phi) is 6.13. The molecule has 0 aliphatic carbocycles. The molecule has 3 rings (SSSR count). The first-order valence-electron chi connectivity index (χ1n) is 8.73. The van der Waals surface area contributed by atoms with Gasteiger partial charge in [-0.1, -0.05) is 42.3 Å². The Balaban J connectivity index is 1.51. The Morgan fingerprint density at radius 1 is 1.08 bits per heavy atom. The van der Waals surface area contributed by atoms with Crippen LogP contribution in [-0.2, 0) is 6.42 Å². The molecule has 1 heterocycles. The van der Waals surface area contributed by atoms with Crippen LogP contribution in [0.15, 0.2) is 48.5 Å². The topological polar surface area (TPSA) is 44.3 Å². The second-order valence-corrected chi connectivity index (χ2v) is 6.92. The summed E-state index contributed by atoms with van der Waals surface area (Å²) in [6.07, 6.45) is 5.51. The molecule has 24 heavy (non-hydrogen) atoms. The third-order valence-corrected chi connectivity index (χ3v) is 4.89. The first-order valence-corrected chi connectivity index (χ1v) is 9.11. The van der Waals surface area contributed by atoms with E-state index < -0.39 is 6.23 Å². The number of hydrogen-bond acceptors (Lipinski definition) is 3.